The molecular formula is C26H27F3N4O3S. The molecule has 0 atom stereocenters. The van der Waals surface area contributed by atoms with Crippen LogP contribution >= 0.6 is 0 Å². The predicted octanol–water partition coefficient (Wildman–Crippen LogP) is 4.69. The maximum absolute atomic E-state index is 14.9. The van der Waals surface area contributed by atoms with Gasteiger partial charge in [0.15, 0.2) is 17.4 Å². The Balaban J connectivity index is 1.45. The Bertz CT molecular complexity index is 1450. The second-order valence-corrected chi connectivity index (χ2v) is 11.5. The fraction of sp³-hybridized carbons (Fsp3) is 0.385. The first-order chi connectivity index (χ1) is 17.6. The van der Waals surface area contributed by atoms with Crippen LogP contribution in [0.25, 0.3) is 11.3 Å². The standard InChI is InChI=1S/C26H27F3N4O3S/c1-16(2)32-8-9-36-26-20(28)13-18(14-23(26)32)25-21(29)15-30-24(31-25)12-17-5-6-22(19(27)11-17)33-7-3-4-10-37(33,34)35/h5-6,11,13-16H,3-4,7-10,12H2,1-2H3. The fourth-order valence-corrected chi connectivity index (χ4v) is 6.41. The molecule has 1 aromatic heterocycles. The second-order valence-electron chi connectivity index (χ2n) is 9.48. The third-order valence-electron chi connectivity index (χ3n) is 6.60. The first kappa shape index (κ1) is 25.3. The van der Waals surface area contributed by atoms with E-state index in [0.717, 1.165) is 10.5 Å². The molecule has 7 nitrogen and oxygen atoms in total. The number of fused-ring (bicyclic) bond motifs is 1. The summed E-state index contributed by atoms with van der Waals surface area (Å²) < 4.78 is 76.0. The van der Waals surface area contributed by atoms with Crippen LogP contribution in [0.5, 0.6) is 5.75 Å². The van der Waals surface area contributed by atoms with Gasteiger partial charge in [0.25, 0.3) is 0 Å². The van der Waals surface area contributed by atoms with Crippen molar-refractivity contribution in [2.24, 2.45) is 0 Å². The molecule has 0 saturated carbocycles. The molecule has 2 aliphatic heterocycles. The van der Waals surface area contributed by atoms with Crippen molar-refractivity contribution in [3.63, 3.8) is 0 Å². The summed E-state index contributed by atoms with van der Waals surface area (Å²) in [6.45, 7) is 5.12. The maximum Gasteiger partial charge on any atom is 0.235 e. The summed E-state index contributed by atoms with van der Waals surface area (Å²) >= 11 is 0. The van der Waals surface area contributed by atoms with Crippen LogP contribution in [0.3, 0.4) is 0 Å². The van der Waals surface area contributed by atoms with Crippen molar-refractivity contribution in [2.75, 3.05) is 34.7 Å². The molecule has 1 saturated heterocycles. The van der Waals surface area contributed by atoms with Crippen LogP contribution in [0.2, 0.25) is 0 Å². The smallest absolute Gasteiger partial charge is 0.235 e. The first-order valence-corrected chi connectivity index (χ1v) is 13.8. The molecule has 2 aromatic carbocycles. The van der Waals surface area contributed by atoms with E-state index >= 15 is 0 Å². The molecule has 0 aliphatic carbocycles. The Kier molecular flexibility index (Phi) is 6.74. The number of hydrogen-bond acceptors (Lipinski definition) is 6. The van der Waals surface area contributed by atoms with Gasteiger partial charge in [-0.15, -0.1) is 0 Å². The van der Waals surface area contributed by atoms with E-state index in [9.17, 15) is 21.6 Å². The van der Waals surface area contributed by atoms with Crippen LogP contribution in [0.15, 0.2) is 36.5 Å². The molecule has 5 rings (SSSR count). The van der Waals surface area contributed by atoms with Crippen molar-refractivity contribution < 1.29 is 26.3 Å². The minimum absolute atomic E-state index is 0.00521. The molecule has 196 valence electrons. The zero-order valence-corrected chi connectivity index (χ0v) is 21.4. The van der Waals surface area contributed by atoms with Crippen LogP contribution in [-0.4, -0.2) is 49.9 Å². The quantitative estimate of drug-likeness (QED) is 0.475. The molecule has 0 radical (unpaired) electrons. The largest absolute Gasteiger partial charge is 0.486 e. The Morgan fingerprint density at radius 2 is 1.81 bits per heavy atom. The molecule has 1 fully saturated rings. The maximum atomic E-state index is 14.9. The highest BCUT2D eigenvalue weighted by atomic mass is 32.2. The number of aromatic nitrogens is 2. The first-order valence-electron chi connectivity index (χ1n) is 12.2. The van der Waals surface area contributed by atoms with Crippen molar-refractivity contribution >= 4 is 21.4 Å². The number of ether oxygens (including phenoxy) is 1. The summed E-state index contributed by atoms with van der Waals surface area (Å²) in [6.07, 6.45) is 2.30. The van der Waals surface area contributed by atoms with E-state index in [1.807, 2.05) is 18.7 Å². The summed E-state index contributed by atoms with van der Waals surface area (Å²) in [5, 5.41) is 0. The Morgan fingerprint density at radius 3 is 2.54 bits per heavy atom. The molecule has 0 spiro atoms. The van der Waals surface area contributed by atoms with E-state index < -0.39 is 27.5 Å². The summed E-state index contributed by atoms with van der Waals surface area (Å²) in [6, 6.07) is 7.19. The lowest BCUT2D eigenvalue weighted by Crippen LogP contribution is -2.38. The molecule has 0 amide bonds. The lowest BCUT2D eigenvalue weighted by atomic mass is 10.1. The summed E-state index contributed by atoms with van der Waals surface area (Å²) in [5.74, 6) is -1.66. The topological polar surface area (TPSA) is 75.6 Å². The second kappa shape index (κ2) is 9.85. The zero-order valence-electron chi connectivity index (χ0n) is 20.5. The van der Waals surface area contributed by atoms with Gasteiger partial charge in [-0.05, 0) is 56.5 Å². The fourth-order valence-electron chi connectivity index (χ4n) is 4.77. The third kappa shape index (κ3) is 4.96. The Labute approximate surface area is 214 Å². The van der Waals surface area contributed by atoms with Crippen molar-refractivity contribution in [1.29, 1.82) is 0 Å². The molecular weight excluding hydrogens is 505 g/mol. The summed E-state index contributed by atoms with van der Waals surface area (Å²) in [7, 11) is -3.55. The van der Waals surface area contributed by atoms with Gasteiger partial charge in [-0.1, -0.05) is 6.07 Å². The highest BCUT2D eigenvalue weighted by Crippen LogP contribution is 2.39. The van der Waals surface area contributed by atoms with E-state index in [-0.39, 0.29) is 53.3 Å². The molecule has 0 N–H and O–H groups in total. The zero-order chi connectivity index (χ0) is 26.3. The van der Waals surface area contributed by atoms with Gasteiger partial charge in [0.05, 0.1) is 29.9 Å². The van der Waals surface area contributed by atoms with Gasteiger partial charge < -0.3 is 9.64 Å². The normalized spacial score (nSPS) is 17.0. The van der Waals surface area contributed by atoms with E-state index in [2.05, 4.69) is 9.97 Å². The highest BCUT2D eigenvalue weighted by molar-refractivity contribution is 7.92. The van der Waals surface area contributed by atoms with Gasteiger partial charge in [0, 0.05) is 24.6 Å². The molecule has 3 heterocycles. The van der Waals surface area contributed by atoms with Gasteiger partial charge >= 0.3 is 0 Å². The van der Waals surface area contributed by atoms with Crippen molar-refractivity contribution in [1.82, 2.24) is 9.97 Å². The average Bonchev–Trinajstić information content (AvgIpc) is 2.85. The average molecular weight is 533 g/mol. The summed E-state index contributed by atoms with van der Waals surface area (Å²) in [4.78, 5) is 10.3. The number of halogens is 3. The van der Waals surface area contributed by atoms with E-state index in [1.54, 1.807) is 12.1 Å². The SMILES string of the molecule is CC(C)N1CCOc2c(F)cc(-c3nc(Cc4ccc(N5CCCCS5(=O)=O)c(F)c4)ncc3F)cc21. The number of benzene rings is 2. The molecule has 0 unspecified atom stereocenters. The molecule has 2 aliphatic rings. The van der Waals surface area contributed by atoms with Gasteiger partial charge in [0.2, 0.25) is 10.0 Å². The van der Waals surface area contributed by atoms with Crippen molar-refractivity contribution in [3.05, 3.63) is 65.4 Å². The van der Waals surface area contributed by atoms with Crippen LogP contribution < -0.4 is 13.9 Å². The number of rotatable bonds is 5. The van der Waals surface area contributed by atoms with Crippen LogP contribution in [0.1, 0.15) is 38.1 Å². The monoisotopic (exact) mass is 532 g/mol. The number of hydrogen-bond donors (Lipinski definition) is 0. The van der Waals surface area contributed by atoms with Crippen molar-refractivity contribution in [2.45, 2.75) is 39.2 Å². The van der Waals surface area contributed by atoms with E-state index in [1.165, 1.54) is 18.2 Å². The molecule has 0 bridgehead atoms. The number of anilines is 2. The minimum Gasteiger partial charge on any atom is -0.486 e. The van der Waals surface area contributed by atoms with Gasteiger partial charge in [-0.2, -0.15) is 0 Å². The van der Waals surface area contributed by atoms with Crippen LogP contribution in [0.4, 0.5) is 24.5 Å². The minimum atomic E-state index is -3.55. The Hall–Kier alpha value is -3.34. The number of nitrogens with zero attached hydrogens (tertiary/aromatic N) is 4. The lowest BCUT2D eigenvalue weighted by Gasteiger charge is -2.34. The van der Waals surface area contributed by atoms with Gasteiger partial charge in [-0.3, -0.25) is 4.31 Å². The van der Waals surface area contributed by atoms with E-state index in [0.29, 0.717) is 37.2 Å². The summed E-state index contributed by atoms with van der Waals surface area (Å²) in [5.41, 5.74) is 1.19. The lowest BCUT2D eigenvalue weighted by molar-refractivity contribution is 0.287. The van der Waals surface area contributed by atoms with Gasteiger partial charge in [-0.25, -0.2) is 31.6 Å². The molecule has 37 heavy (non-hydrogen) atoms. The van der Waals surface area contributed by atoms with E-state index in [4.69, 9.17) is 4.74 Å². The van der Waals surface area contributed by atoms with Crippen LogP contribution in [0, 0.1) is 17.5 Å². The number of sulfonamides is 1. The molecule has 3 aromatic rings. The Morgan fingerprint density at radius 1 is 1.00 bits per heavy atom. The third-order valence-corrected chi connectivity index (χ3v) is 8.45. The predicted molar refractivity (Wildman–Crippen MR) is 135 cm³/mol. The van der Waals surface area contributed by atoms with Gasteiger partial charge in [0.1, 0.15) is 23.9 Å². The van der Waals surface area contributed by atoms with Crippen LogP contribution in [-0.2, 0) is 16.4 Å². The van der Waals surface area contributed by atoms with Crippen molar-refractivity contribution in [3.8, 4) is 17.0 Å². The highest BCUT2D eigenvalue weighted by Gasteiger charge is 2.28. The molecule has 11 heteroatoms.